The molecule has 18 heavy (non-hydrogen) atoms. The average molecular weight is 251 g/mol. The number of aryl methyl sites for hydroxylation is 1. The van der Waals surface area contributed by atoms with Gasteiger partial charge in [-0.1, -0.05) is 26.2 Å². The Hall–Kier alpha value is -1.71. The number of unbranched alkanes of at least 4 members (excludes halogenated alkanes) is 3. The largest absolute Gasteiger partial charge is 0.494 e. The summed E-state index contributed by atoms with van der Waals surface area (Å²) in [6.07, 6.45) is 4.50. The van der Waals surface area contributed by atoms with Crippen molar-refractivity contribution in [1.29, 1.82) is 0 Å². The van der Waals surface area contributed by atoms with E-state index in [9.17, 15) is 4.79 Å². The van der Waals surface area contributed by atoms with Gasteiger partial charge in [0.25, 0.3) is 0 Å². The summed E-state index contributed by atoms with van der Waals surface area (Å²) in [7, 11) is 0. The normalized spacial score (nSPS) is 10.3. The standard InChI is InChI=1S/C14H21NO3/c1-3-4-5-6-7-18-11-8-10(2)13(15)12(9-11)14(16)17/h8-9H,3-7,15H2,1-2H3,(H,16,17). The first kappa shape index (κ1) is 14.4. The molecule has 0 amide bonds. The van der Waals surface area contributed by atoms with Gasteiger partial charge in [-0.15, -0.1) is 0 Å². The van der Waals surface area contributed by atoms with E-state index >= 15 is 0 Å². The van der Waals surface area contributed by atoms with Crippen LogP contribution in [0.1, 0.15) is 48.5 Å². The molecule has 0 fully saturated rings. The Labute approximate surface area is 108 Å². The van der Waals surface area contributed by atoms with E-state index in [0.717, 1.165) is 18.4 Å². The van der Waals surface area contributed by atoms with Crippen molar-refractivity contribution >= 4 is 11.7 Å². The zero-order valence-electron chi connectivity index (χ0n) is 11.0. The number of carboxylic acids is 1. The predicted octanol–water partition coefficient (Wildman–Crippen LogP) is 3.23. The van der Waals surface area contributed by atoms with E-state index in [4.69, 9.17) is 15.6 Å². The fourth-order valence-corrected chi connectivity index (χ4v) is 1.74. The Morgan fingerprint density at radius 2 is 2.06 bits per heavy atom. The smallest absolute Gasteiger partial charge is 0.337 e. The molecule has 0 saturated carbocycles. The second-order valence-electron chi connectivity index (χ2n) is 4.42. The van der Waals surface area contributed by atoms with Crippen LogP contribution in [0.3, 0.4) is 0 Å². The van der Waals surface area contributed by atoms with E-state index < -0.39 is 5.97 Å². The maximum atomic E-state index is 11.0. The molecule has 0 bridgehead atoms. The highest BCUT2D eigenvalue weighted by Crippen LogP contribution is 2.24. The molecule has 4 nitrogen and oxygen atoms in total. The average Bonchev–Trinajstić information content (AvgIpc) is 2.32. The zero-order valence-corrected chi connectivity index (χ0v) is 11.0. The van der Waals surface area contributed by atoms with Crippen molar-refractivity contribution in [2.24, 2.45) is 0 Å². The lowest BCUT2D eigenvalue weighted by molar-refractivity contribution is 0.0697. The molecule has 1 aromatic rings. The molecule has 3 N–H and O–H groups in total. The van der Waals surface area contributed by atoms with Gasteiger partial charge in [0.1, 0.15) is 5.75 Å². The Bertz CT molecular complexity index is 416. The molecule has 4 heteroatoms. The minimum Gasteiger partial charge on any atom is -0.494 e. The highest BCUT2D eigenvalue weighted by atomic mass is 16.5. The molecule has 0 heterocycles. The van der Waals surface area contributed by atoms with Crippen LogP contribution in [0, 0.1) is 6.92 Å². The molecule has 0 atom stereocenters. The molecule has 0 radical (unpaired) electrons. The molecule has 1 aromatic carbocycles. The summed E-state index contributed by atoms with van der Waals surface area (Å²) in [6, 6.07) is 3.27. The van der Waals surface area contributed by atoms with Crippen molar-refractivity contribution in [3.05, 3.63) is 23.3 Å². The molecule has 0 aromatic heterocycles. The second-order valence-corrected chi connectivity index (χ2v) is 4.42. The maximum Gasteiger partial charge on any atom is 0.337 e. The van der Waals surface area contributed by atoms with Crippen LogP contribution in [-0.4, -0.2) is 17.7 Å². The Balaban J connectivity index is 2.64. The number of rotatable bonds is 7. The fourth-order valence-electron chi connectivity index (χ4n) is 1.74. The number of aromatic carboxylic acids is 1. The quantitative estimate of drug-likeness (QED) is 0.576. The van der Waals surface area contributed by atoms with Crippen molar-refractivity contribution in [3.63, 3.8) is 0 Å². The van der Waals surface area contributed by atoms with Crippen LogP contribution in [0.2, 0.25) is 0 Å². The third-order valence-corrected chi connectivity index (χ3v) is 2.86. The molecule has 0 unspecified atom stereocenters. The topological polar surface area (TPSA) is 72.5 Å². The Kier molecular flexibility index (Phi) is 5.49. The monoisotopic (exact) mass is 251 g/mol. The molecule has 0 aliphatic rings. The van der Waals surface area contributed by atoms with Crippen LogP contribution in [0.15, 0.2) is 12.1 Å². The van der Waals surface area contributed by atoms with E-state index in [1.54, 1.807) is 13.0 Å². The maximum absolute atomic E-state index is 11.0. The molecule has 0 spiro atoms. The number of nitrogen functional groups attached to an aromatic ring is 1. The molecule has 100 valence electrons. The summed E-state index contributed by atoms with van der Waals surface area (Å²) in [5.41, 5.74) is 6.86. The lowest BCUT2D eigenvalue weighted by atomic mass is 10.1. The van der Waals surface area contributed by atoms with E-state index in [-0.39, 0.29) is 5.56 Å². The summed E-state index contributed by atoms with van der Waals surface area (Å²) < 4.78 is 5.56. The van der Waals surface area contributed by atoms with E-state index in [1.807, 2.05) is 0 Å². The van der Waals surface area contributed by atoms with Gasteiger partial charge >= 0.3 is 5.97 Å². The zero-order chi connectivity index (χ0) is 13.5. The number of carbonyl (C=O) groups is 1. The first-order valence-electron chi connectivity index (χ1n) is 6.32. The minimum atomic E-state index is -1.02. The minimum absolute atomic E-state index is 0.110. The van der Waals surface area contributed by atoms with Gasteiger partial charge in [-0.3, -0.25) is 0 Å². The van der Waals surface area contributed by atoms with Gasteiger partial charge in [0.2, 0.25) is 0 Å². The first-order chi connectivity index (χ1) is 8.56. The van der Waals surface area contributed by atoms with Crippen molar-refractivity contribution in [3.8, 4) is 5.75 Å². The lowest BCUT2D eigenvalue weighted by Crippen LogP contribution is -2.06. The highest BCUT2D eigenvalue weighted by molar-refractivity contribution is 5.95. The SMILES string of the molecule is CCCCCCOc1cc(C)c(N)c(C(=O)O)c1. The van der Waals surface area contributed by atoms with E-state index in [0.29, 0.717) is 18.0 Å². The van der Waals surface area contributed by atoms with E-state index in [1.165, 1.54) is 18.9 Å². The number of nitrogens with two attached hydrogens (primary N) is 1. The lowest BCUT2D eigenvalue weighted by Gasteiger charge is -2.10. The van der Waals surface area contributed by atoms with Gasteiger partial charge in [-0.2, -0.15) is 0 Å². The third kappa shape index (κ3) is 3.95. The van der Waals surface area contributed by atoms with Crippen molar-refractivity contribution in [2.75, 3.05) is 12.3 Å². The van der Waals surface area contributed by atoms with Gasteiger partial charge < -0.3 is 15.6 Å². The third-order valence-electron chi connectivity index (χ3n) is 2.86. The molecule has 0 saturated heterocycles. The van der Waals surface area contributed by atoms with Gasteiger partial charge in [-0.05, 0) is 31.0 Å². The van der Waals surface area contributed by atoms with Crippen molar-refractivity contribution in [1.82, 2.24) is 0 Å². The summed E-state index contributed by atoms with van der Waals surface area (Å²) in [5.74, 6) is -0.442. The van der Waals surface area contributed by atoms with Crippen molar-refractivity contribution in [2.45, 2.75) is 39.5 Å². The van der Waals surface area contributed by atoms with Crippen LogP contribution in [0.4, 0.5) is 5.69 Å². The second kappa shape index (κ2) is 6.89. The molecule has 0 aliphatic heterocycles. The predicted molar refractivity (Wildman–Crippen MR) is 72.2 cm³/mol. The number of ether oxygens (including phenoxy) is 1. The number of anilines is 1. The molecule has 0 aliphatic carbocycles. The van der Waals surface area contributed by atoms with E-state index in [2.05, 4.69) is 6.92 Å². The van der Waals surface area contributed by atoms with Crippen LogP contribution in [0.25, 0.3) is 0 Å². The fraction of sp³-hybridized carbons (Fsp3) is 0.500. The van der Waals surface area contributed by atoms with Gasteiger partial charge in [-0.25, -0.2) is 4.79 Å². The van der Waals surface area contributed by atoms with Crippen LogP contribution >= 0.6 is 0 Å². The van der Waals surface area contributed by atoms with Crippen molar-refractivity contribution < 1.29 is 14.6 Å². The van der Waals surface area contributed by atoms with Crippen LogP contribution in [0.5, 0.6) is 5.75 Å². The number of benzene rings is 1. The van der Waals surface area contributed by atoms with Crippen LogP contribution in [-0.2, 0) is 0 Å². The molecular weight excluding hydrogens is 230 g/mol. The summed E-state index contributed by atoms with van der Waals surface area (Å²) in [4.78, 5) is 11.0. The highest BCUT2D eigenvalue weighted by Gasteiger charge is 2.12. The molecular formula is C14H21NO3. The summed E-state index contributed by atoms with van der Waals surface area (Å²) in [6.45, 7) is 4.55. The number of hydrogen-bond donors (Lipinski definition) is 2. The molecule has 1 rings (SSSR count). The summed E-state index contributed by atoms with van der Waals surface area (Å²) in [5, 5.41) is 9.02. The van der Waals surface area contributed by atoms with Crippen LogP contribution < -0.4 is 10.5 Å². The van der Waals surface area contributed by atoms with Gasteiger partial charge in [0.15, 0.2) is 0 Å². The Morgan fingerprint density at radius 1 is 1.33 bits per heavy atom. The Morgan fingerprint density at radius 3 is 2.67 bits per heavy atom. The number of hydrogen-bond acceptors (Lipinski definition) is 3. The number of carboxylic acid groups (broad SMARTS) is 1. The first-order valence-corrected chi connectivity index (χ1v) is 6.32. The van der Waals surface area contributed by atoms with Gasteiger partial charge in [0.05, 0.1) is 12.2 Å². The van der Waals surface area contributed by atoms with Gasteiger partial charge in [0, 0.05) is 5.69 Å². The summed E-state index contributed by atoms with van der Waals surface area (Å²) >= 11 is 0.